The summed E-state index contributed by atoms with van der Waals surface area (Å²) in [4.78, 5) is 16.9. The van der Waals surface area contributed by atoms with Gasteiger partial charge in [0.25, 0.3) is 0 Å². The van der Waals surface area contributed by atoms with Crippen molar-refractivity contribution in [2.75, 3.05) is 0 Å². The van der Waals surface area contributed by atoms with Crippen LogP contribution in [0.2, 0.25) is 0 Å². The summed E-state index contributed by atoms with van der Waals surface area (Å²) >= 11 is 3.08. The summed E-state index contributed by atoms with van der Waals surface area (Å²) in [6.45, 7) is 1.85. The molecular formula is C10H9NO2S2. The number of thiophene rings is 1. The number of carboxylic acid groups (broad SMARTS) is 1. The van der Waals surface area contributed by atoms with Crippen LogP contribution in [0.25, 0.3) is 9.88 Å². The highest BCUT2D eigenvalue weighted by Crippen LogP contribution is 2.31. The van der Waals surface area contributed by atoms with Crippen molar-refractivity contribution in [3.63, 3.8) is 0 Å². The highest BCUT2D eigenvalue weighted by molar-refractivity contribution is 7.21. The lowest BCUT2D eigenvalue weighted by molar-refractivity contribution is -0.136. The molecule has 0 bridgehead atoms. The van der Waals surface area contributed by atoms with Gasteiger partial charge >= 0.3 is 5.97 Å². The second kappa shape index (κ2) is 4.12. The van der Waals surface area contributed by atoms with Crippen LogP contribution in [0, 0.1) is 6.92 Å². The van der Waals surface area contributed by atoms with Crippen molar-refractivity contribution >= 4 is 28.6 Å². The molecule has 0 fully saturated rings. The van der Waals surface area contributed by atoms with Gasteiger partial charge in [0.1, 0.15) is 5.01 Å². The van der Waals surface area contributed by atoms with Gasteiger partial charge in [0.2, 0.25) is 0 Å². The van der Waals surface area contributed by atoms with Crippen LogP contribution in [0.15, 0.2) is 17.5 Å². The van der Waals surface area contributed by atoms with Crippen LogP contribution in [0.3, 0.4) is 0 Å². The number of thiazole rings is 1. The van der Waals surface area contributed by atoms with Crippen LogP contribution in [0.4, 0.5) is 0 Å². The van der Waals surface area contributed by atoms with E-state index < -0.39 is 5.97 Å². The van der Waals surface area contributed by atoms with Gasteiger partial charge in [0.15, 0.2) is 0 Å². The van der Waals surface area contributed by atoms with Gasteiger partial charge in [-0.05, 0) is 18.4 Å². The summed E-state index contributed by atoms with van der Waals surface area (Å²) in [5, 5.41) is 11.6. The first-order chi connectivity index (χ1) is 7.16. The molecule has 2 aromatic rings. The Labute approximate surface area is 95.0 Å². The molecule has 0 unspecified atom stereocenters. The van der Waals surface area contributed by atoms with Crippen molar-refractivity contribution in [2.45, 2.75) is 13.3 Å². The molecule has 1 N–H and O–H groups in total. The second-order valence-corrected chi connectivity index (χ2v) is 5.11. The standard InChI is InChI=1S/C10H9NO2S2/c1-6-8(5-9(12)13)15-10(11-6)7-3-2-4-14-7/h2-4H,5H2,1H3,(H,12,13). The molecule has 0 saturated heterocycles. The number of aryl methyl sites for hydroxylation is 1. The Morgan fingerprint density at radius 3 is 3.00 bits per heavy atom. The van der Waals surface area contributed by atoms with E-state index >= 15 is 0 Å². The average Bonchev–Trinajstić information content (AvgIpc) is 2.75. The average molecular weight is 239 g/mol. The van der Waals surface area contributed by atoms with Gasteiger partial charge in [-0.25, -0.2) is 4.98 Å². The zero-order valence-electron chi connectivity index (χ0n) is 8.06. The van der Waals surface area contributed by atoms with E-state index in [0.717, 1.165) is 20.5 Å². The molecule has 0 aromatic carbocycles. The molecule has 78 valence electrons. The molecule has 0 aliphatic rings. The predicted molar refractivity (Wildman–Crippen MR) is 61.5 cm³/mol. The molecule has 3 nitrogen and oxygen atoms in total. The minimum Gasteiger partial charge on any atom is -0.481 e. The Bertz CT molecular complexity index is 474. The molecule has 0 spiro atoms. The number of nitrogens with zero attached hydrogens (tertiary/aromatic N) is 1. The fraction of sp³-hybridized carbons (Fsp3) is 0.200. The fourth-order valence-electron chi connectivity index (χ4n) is 1.24. The van der Waals surface area contributed by atoms with Crippen LogP contribution >= 0.6 is 22.7 Å². The van der Waals surface area contributed by atoms with Gasteiger partial charge < -0.3 is 5.11 Å². The summed E-state index contributed by atoms with van der Waals surface area (Å²) in [6, 6.07) is 3.96. The van der Waals surface area contributed by atoms with Crippen molar-refractivity contribution in [1.82, 2.24) is 4.98 Å². The quantitative estimate of drug-likeness (QED) is 0.896. The Morgan fingerprint density at radius 1 is 1.60 bits per heavy atom. The Kier molecular flexibility index (Phi) is 2.83. The molecule has 0 aliphatic carbocycles. The predicted octanol–water partition coefficient (Wildman–Crippen LogP) is 2.81. The van der Waals surface area contributed by atoms with Crippen molar-refractivity contribution in [2.24, 2.45) is 0 Å². The Morgan fingerprint density at radius 2 is 2.40 bits per heavy atom. The summed E-state index contributed by atoms with van der Waals surface area (Å²) in [7, 11) is 0. The van der Waals surface area contributed by atoms with Crippen molar-refractivity contribution < 1.29 is 9.90 Å². The molecule has 2 aromatic heterocycles. The molecule has 0 radical (unpaired) electrons. The third kappa shape index (κ3) is 2.24. The number of carboxylic acids is 1. The SMILES string of the molecule is Cc1nc(-c2cccs2)sc1CC(=O)O. The lowest BCUT2D eigenvalue weighted by Gasteiger charge is -1.89. The second-order valence-electron chi connectivity index (χ2n) is 3.08. The van der Waals surface area contributed by atoms with E-state index in [-0.39, 0.29) is 6.42 Å². The van der Waals surface area contributed by atoms with E-state index in [1.807, 2.05) is 24.4 Å². The van der Waals surface area contributed by atoms with Crippen molar-refractivity contribution in [3.8, 4) is 9.88 Å². The van der Waals surface area contributed by atoms with E-state index in [2.05, 4.69) is 4.98 Å². The van der Waals surface area contributed by atoms with Gasteiger partial charge in [0.05, 0.1) is 17.0 Å². The van der Waals surface area contributed by atoms with Gasteiger partial charge in [-0.2, -0.15) is 0 Å². The number of rotatable bonds is 3. The Balaban J connectivity index is 2.33. The molecule has 0 amide bonds. The molecule has 2 heterocycles. The third-order valence-electron chi connectivity index (χ3n) is 1.94. The first kappa shape index (κ1) is 10.3. The van der Waals surface area contributed by atoms with E-state index in [1.165, 1.54) is 11.3 Å². The van der Waals surface area contributed by atoms with Gasteiger partial charge in [0, 0.05) is 4.88 Å². The summed E-state index contributed by atoms with van der Waals surface area (Å²) in [5.41, 5.74) is 0.825. The number of aromatic nitrogens is 1. The number of hydrogen-bond acceptors (Lipinski definition) is 4. The van der Waals surface area contributed by atoms with Crippen LogP contribution < -0.4 is 0 Å². The first-order valence-electron chi connectivity index (χ1n) is 4.39. The molecule has 2 rings (SSSR count). The van der Waals surface area contributed by atoms with E-state index in [9.17, 15) is 4.79 Å². The smallest absolute Gasteiger partial charge is 0.308 e. The highest BCUT2D eigenvalue weighted by Gasteiger charge is 2.12. The molecule has 0 aliphatic heterocycles. The van der Waals surface area contributed by atoms with Crippen molar-refractivity contribution in [1.29, 1.82) is 0 Å². The van der Waals surface area contributed by atoms with E-state index in [1.54, 1.807) is 11.3 Å². The highest BCUT2D eigenvalue weighted by atomic mass is 32.1. The lowest BCUT2D eigenvalue weighted by atomic mass is 10.3. The van der Waals surface area contributed by atoms with E-state index in [0.29, 0.717) is 0 Å². The van der Waals surface area contributed by atoms with Gasteiger partial charge in [-0.3, -0.25) is 4.79 Å². The molecule has 0 saturated carbocycles. The molecule has 0 atom stereocenters. The largest absolute Gasteiger partial charge is 0.481 e. The molecule has 15 heavy (non-hydrogen) atoms. The monoisotopic (exact) mass is 239 g/mol. The lowest BCUT2D eigenvalue weighted by Crippen LogP contribution is -1.99. The zero-order valence-corrected chi connectivity index (χ0v) is 9.69. The minimum atomic E-state index is -0.806. The summed E-state index contributed by atoms with van der Waals surface area (Å²) in [6.07, 6.45) is 0.0644. The normalized spacial score (nSPS) is 10.5. The zero-order chi connectivity index (χ0) is 10.8. The van der Waals surface area contributed by atoms with Gasteiger partial charge in [-0.1, -0.05) is 6.07 Å². The number of carbonyl (C=O) groups is 1. The maximum Gasteiger partial charge on any atom is 0.308 e. The van der Waals surface area contributed by atoms with Crippen LogP contribution in [-0.2, 0) is 11.2 Å². The Hall–Kier alpha value is -1.20. The maximum absolute atomic E-state index is 10.6. The first-order valence-corrected chi connectivity index (χ1v) is 6.08. The molecular weight excluding hydrogens is 230 g/mol. The number of aliphatic carboxylic acids is 1. The fourth-order valence-corrected chi connectivity index (χ4v) is 3.09. The van der Waals surface area contributed by atoms with Crippen LogP contribution in [0.1, 0.15) is 10.6 Å². The molecule has 5 heteroatoms. The maximum atomic E-state index is 10.6. The van der Waals surface area contributed by atoms with Crippen LogP contribution in [0.5, 0.6) is 0 Å². The number of hydrogen-bond donors (Lipinski definition) is 1. The summed E-state index contributed by atoms with van der Waals surface area (Å²) in [5.74, 6) is -0.806. The third-order valence-corrected chi connectivity index (χ3v) is 4.13. The summed E-state index contributed by atoms with van der Waals surface area (Å²) < 4.78 is 0. The van der Waals surface area contributed by atoms with Gasteiger partial charge in [-0.15, -0.1) is 22.7 Å². The topological polar surface area (TPSA) is 50.2 Å². The minimum absolute atomic E-state index is 0.0644. The van der Waals surface area contributed by atoms with Crippen molar-refractivity contribution in [3.05, 3.63) is 28.1 Å². The van der Waals surface area contributed by atoms with Crippen LogP contribution in [-0.4, -0.2) is 16.1 Å². The van der Waals surface area contributed by atoms with E-state index in [4.69, 9.17) is 5.11 Å².